The van der Waals surface area contributed by atoms with Crippen LogP contribution in [0.2, 0.25) is 5.02 Å². The molecule has 0 bridgehead atoms. The molecule has 0 spiro atoms. The van der Waals surface area contributed by atoms with Crippen molar-refractivity contribution in [2.45, 2.75) is 26.0 Å². The van der Waals surface area contributed by atoms with E-state index in [0.717, 1.165) is 5.56 Å². The van der Waals surface area contributed by atoms with Crippen molar-refractivity contribution >= 4 is 27.3 Å². The van der Waals surface area contributed by atoms with Crippen LogP contribution in [0.5, 0.6) is 5.75 Å². The maximum absolute atomic E-state index is 11.5. The van der Waals surface area contributed by atoms with Gasteiger partial charge in [-0.1, -0.05) is 11.6 Å². The van der Waals surface area contributed by atoms with Crippen LogP contribution in [-0.2, 0) is 16.4 Å². The first-order valence-electron chi connectivity index (χ1n) is 7.62. The topological polar surface area (TPSA) is 105 Å². The number of halogens is 1. The maximum atomic E-state index is 11.5. The molecule has 1 saturated heterocycles. The van der Waals surface area contributed by atoms with Crippen LogP contribution in [0.15, 0.2) is 22.6 Å². The number of anilines is 1. The Labute approximate surface area is 150 Å². The second-order valence-corrected chi connectivity index (χ2v) is 8.48. The van der Waals surface area contributed by atoms with Crippen LogP contribution < -0.4 is 10.1 Å². The smallest absolute Gasteiger partial charge is 0.236 e. The normalized spacial score (nSPS) is 18.7. The Kier molecular flexibility index (Phi) is 4.88. The van der Waals surface area contributed by atoms with Gasteiger partial charge in [0.25, 0.3) is 0 Å². The van der Waals surface area contributed by atoms with E-state index in [0.29, 0.717) is 17.2 Å². The summed E-state index contributed by atoms with van der Waals surface area (Å²) in [4.78, 5) is 4.07. The Morgan fingerprint density at radius 2 is 2.32 bits per heavy atom. The number of nitrogens with one attached hydrogen (secondary N) is 1. The molecule has 1 fully saturated rings. The number of nitrogens with zero attached hydrogens (tertiary/aromatic N) is 2. The lowest BCUT2D eigenvalue weighted by molar-refractivity contribution is 0.264. The van der Waals surface area contributed by atoms with Crippen molar-refractivity contribution < 1.29 is 17.6 Å². The molecule has 1 aromatic heterocycles. The minimum absolute atomic E-state index is 0.0223. The molecule has 3 rings (SSSR count). The highest BCUT2D eigenvalue weighted by atomic mass is 35.5. The first kappa shape index (κ1) is 17.6. The Balaban J connectivity index is 1.68. The second-order valence-electron chi connectivity index (χ2n) is 5.84. The monoisotopic (exact) mass is 381 g/mol. The van der Waals surface area contributed by atoms with Crippen LogP contribution in [0.3, 0.4) is 0 Å². The summed E-state index contributed by atoms with van der Waals surface area (Å²) in [5.74, 6) is 1.17. The highest BCUT2D eigenvalue weighted by Crippen LogP contribution is 2.24. The zero-order valence-electron chi connectivity index (χ0n) is 13.5. The van der Waals surface area contributed by atoms with Crippen LogP contribution in [0.4, 0.5) is 5.88 Å². The van der Waals surface area contributed by atoms with E-state index in [2.05, 4.69) is 10.3 Å². The number of rotatable bonds is 5. The minimum Gasteiger partial charge on any atom is -0.484 e. The lowest BCUT2D eigenvalue weighted by Gasteiger charge is -2.08. The van der Waals surface area contributed by atoms with E-state index in [4.69, 9.17) is 20.8 Å². The van der Waals surface area contributed by atoms with E-state index < -0.39 is 9.84 Å². The highest BCUT2D eigenvalue weighted by molar-refractivity contribution is 7.91. The van der Waals surface area contributed by atoms with Gasteiger partial charge in [-0.3, -0.25) is 0 Å². The molecule has 9 heteroatoms. The van der Waals surface area contributed by atoms with Gasteiger partial charge in [-0.15, -0.1) is 0 Å². The number of aromatic nitrogens is 1. The number of hydrogen-bond donors (Lipinski definition) is 1. The summed E-state index contributed by atoms with van der Waals surface area (Å²) >= 11 is 5.97. The first-order chi connectivity index (χ1) is 11.9. The summed E-state index contributed by atoms with van der Waals surface area (Å²) in [5.41, 5.74) is 0.962. The molecule has 1 aliphatic rings. The van der Waals surface area contributed by atoms with Gasteiger partial charge >= 0.3 is 0 Å². The van der Waals surface area contributed by atoms with E-state index in [-0.39, 0.29) is 41.6 Å². The number of benzene rings is 1. The molecule has 0 saturated carbocycles. The fraction of sp³-hybridized carbons (Fsp3) is 0.375. The molecule has 1 N–H and O–H groups in total. The molecular weight excluding hydrogens is 366 g/mol. The van der Waals surface area contributed by atoms with E-state index in [1.54, 1.807) is 18.2 Å². The van der Waals surface area contributed by atoms with Crippen LogP contribution in [0.1, 0.15) is 23.6 Å². The lowest BCUT2D eigenvalue weighted by Crippen LogP contribution is -2.20. The summed E-state index contributed by atoms with van der Waals surface area (Å²) < 4.78 is 34.2. The van der Waals surface area contributed by atoms with Crippen LogP contribution in [0, 0.1) is 18.3 Å². The molecule has 132 valence electrons. The van der Waals surface area contributed by atoms with E-state index in [9.17, 15) is 13.7 Å². The molecule has 1 aromatic carbocycles. The first-order valence-corrected chi connectivity index (χ1v) is 9.82. The van der Waals surface area contributed by atoms with Gasteiger partial charge in [-0.25, -0.2) is 8.42 Å². The predicted molar refractivity (Wildman–Crippen MR) is 92.4 cm³/mol. The highest BCUT2D eigenvalue weighted by Gasteiger charge is 2.29. The third-order valence-corrected chi connectivity index (χ3v) is 6.03. The van der Waals surface area contributed by atoms with Gasteiger partial charge in [-0.05, 0) is 37.1 Å². The summed E-state index contributed by atoms with van der Waals surface area (Å²) in [6.07, 6.45) is 0.476. The molecule has 1 unspecified atom stereocenters. The van der Waals surface area contributed by atoms with E-state index in [1.807, 2.05) is 13.0 Å². The number of ether oxygens (including phenoxy) is 1. The lowest BCUT2D eigenvalue weighted by atomic mass is 10.2. The summed E-state index contributed by atoms with van der Waals surface area (Å²) in [6, 6.07) is 6.91. The molecule has 2 heterocycles. The van der Waals surface area contributed by atoms with Crippen LogP contribution >= 0.6 is 11.6 Å². The maximum Gasteiger partial charge on any atom is 0.236 e. The van der Waals surface area contributed by atoms with Crippen molar-refractivity contribution in [3.63, 3.8) is 0 Å². The number of sulfone groups is 1. The molecule has 0 amide bonds. The van der Waals surface area contributed by atoms with Crippen LogP contribution in [-0.4, -0.2) is 30.9 Å². The van der Waals surface area contributed by atoms with Crippen molar-refractivity contribution in [2.24, 2.45) is 0 Å². The largest absolute Gasteiger partial charge is 0.484 e. The minimum atomic E-state index is -3.03. The van der Waals surface area contributed by atoms with Gasteiger partial charge in [-0.2, -0.15) is 10.2 Å². The van der Waals surface area contributed by atoms with Gasteiger partial charge in [0.05, 0.1) is 11.5 Å². The molecule has 7 nitrogen and oxygen atoms in total. The second kappa shape index (κ2) is 6.94. The van der Waals surface area contributed by atoms with E-state index in [1.165, 1.54) is 0 Å². The molecular formula is C16H16ClN3O4S. The third-order valence-electron chi connectivity index (χ3n) is 3.84. The number of aryl methyl sites for hydroxylation is 1. The third kappa shape index (κ3) is 4.24. The molecule has 0 radical (unpaired) electrons. The van der Waals surface area contributed by atoms with Gasteiger partial charge in [0.15, 0.2) is 16.4 Å². The van der Waals surface area contributed by atoms with Crippen molar-refractivity contribution in [3.05, 3.63) is 40.4 Å². The SMILES string of the molecule is Cc1cc(OCc2nc(C#N)c(NC3CCS(=O)(=O)C3)o2)ccc1Cl. The molecule has 25 heavy (non-hydrogen) atoms. The molecule has 2 aromatic rings. The molecule has 1 aliphatic heterocycles. The van der Waals surface area contributed by atoms with Gasteiger partial charge in [0, 0.05) is 11.1 Å². The zero-order valence-corrected chi connectivity index (χ0v) is 15.0. The fourth-order valence-corrected chi connectivity index (χ4v) is 4.34. The Morgan fingerprint density at radius 1 is 1.52 bits per heavy atom. The Bertz CT molecular complexity index is 933. The average Bonchev–Trinajstić information content (AvgIpc) is 3.11. The fourth-order valence-electron chi connectivity index (χ4n) is 2.55. The average molecular weight is 382 g/mol. The van der Waals surface area contributed by atoms with Crippen molar-refractivity contribution in [1.29, 1.82) is 5.26 Å². The van der Waals surface area contributed by atoms with Crippen molar-refractivity contribution in [3.8, 4) is 11.8 Å². The number of hydrogen-bond acceptors (Lipinski definition) is 7. The predicted octanol–water partition coefficient (Wildman–Crippen LogP) is 2.69. The summed E-state index contributed by atoms with van der Waals surface area (Å²) in [5, 5.41) is 12.8. The Morgan fingerprint density at radius 3 is 2.96 bits per heavy atom. The van der Waals surface area contributed by atoms with Gasteiger partial charge < -0.3 is 14.5 Å². The molecule has 1 atom stereocenters. The quantitative estimate of drug-likeness (QED) is 0.848. The Hall–Kier alpha value is -2.24. The van der Waals surface area contributed by atoms with Gasteiger partial charge in [0.2, 0.25) is 17.5 Å². The number of nitriles is 1. The zero-order chi connectivity index (χ0) is 18.0. The standard InChI is InChI=1S/C16H16ClN3O4S/c1-10-6-12(2-3-13(10)17)23-8-15-20-14(7-18)16(24-15)19-11-4-5-25(21,22)9-11/h2-3,6,11,19H,4-5,8-9H2,1H3. The number of oxazole rings is 1. The summed E-state index contributed by atoms with van der Waals surface area (Å²) in [6.45, 7) is 1.91. The summed E-state index contributed by atoms with van der Waals surface area (Å²) in [7, 11) is -3.03. The molecule has 0 aliphatic carbocycles. The van der Waals surface area contributed by atoms with Crippen LogP contribution in [0.25, 0.3) is 0 Å². The van der Waals surface area contributed by atoms with E-state index >= 15 is 0 Å². The van der Waals surface area contributed by atoms with Crippen molar-refractivity contribution in [2.75, 3.05) is 16.8 Å². The van der Waals surface area contributed by atoms with Gasteiger partial charge in [0.1, 0.15) is 11.8 Å². The van der Waals surface area contributed by atoms with Crippen molar-refractivity contribution in [1.82, 2.24) is 4.98 Å².